The van der Waals surface area contributed by atoms with Crippen molar-refractivity contribution in [3.05, 3.63) is 6.07 Å². The Morgan fingerprint density at radius 2 is 2.06 bits per heavy atom. The molecule has 7 nitrogen and oxygen atoms in total. The van der Waals surface area contributed by atoms with E-state index in [-0.39, 0.29) is 12.6 Å². The molecule has 1 fully saturated rings. The molecule has 0 unspecified atom stereocenters. The molecule has 3 N–H and O–H groups in total. The van der Waals surface area contributed by atoms with Crippen molar-refractivity contribution >= 4 is 11.8 Å². The van der Waals surface area contributed by atoms with Crippen LogP contribution in [-0.2, 0) is 0 Å². The molecule has 18 heavy (non-hydrogen) atoms. The average Bonchev–Trinajstić information content (AvgIpc) is 2.39. The number of nitrogens with two attached hydrogens (primary N) is 1. The van der Waals surface area contributed by atoms with E-state index < -0.39 is 0 Å². The molecule has 0 amide bonds. The molecule has 1 aliphatic rings. The first-order valence-corrected chi connectivity index (χ1v) is 5.99. The number of aromatic nitrogens is 2. The highest BCUT2D eigenvalue weighted by Gasteiger charge is 2.18. The summed E-state index contributed by atoms with van der Waals surface area (Å²) in [6.07, 6.45) is 0. The summed E-state index contributed by atoms with van der Waals surface area (Å²) >= 11 is 0. The van der Waals surface area contributed by atoms with Crippen LogP contribution in [0.2, 0.25) is 0 Å². The first kappa shape index (κ1) is 12.8. The highest BCUT2D eigenvalue weighted by Crippen LogP contribution is 2.19. The Kier molecular flexibility index (Phi) is 4.16. The van der Waals surface area contributed by atoms with Crippen molar-refractivity contribution in [3.63, 3.8) is 0 Å². The van der Waals surface area contributed by atoms with E-state index in [1.54, 1.807) is 13.2 Å². The van der Waals surface area contributed by atoms with E-state index in [0.717, 1.165) is 38.5 Å². The van der Waals surface area contributed by atoms with Crippen LogP contribution in [0.1, 0.15) is 0 Å². The molecular formula is C11H19N5O2. The summed E-state index contributed by atoms with van der Waals surface area (Å²) in [4.78, 5) is 12.6. The maximum absolute atomic E-state index is 8.90. The van der Waals surface area contributed by atoms with Gasteiger partial charge in [-0.2, -0.15) is 9.97 Å². The van der Waals surface area contributed by atoms with Crippen LogP contribution < -0.4 is 15.4 Å². The van der Waals surface area contributed by atoms with Gasteiger partial charge >= 0.3 is 0 Å². The Morgan fingerprint density at radius 3 is 2.67 bits per heavy atom. The van der Waals surface area contributed by atoms with Gasteiger partial charge in [0.1, 0.15) is 5.82 Å². The van der Waals surface area contributed by atoms with Gasteiger partial charge in [0, 0.05) is 38.8 Å². The van der Waals surface area contributed by atoms with Gasteiger partial charge in [0.2, 0.25) is 11.8 Å². The largest absolute Gasteiger partial charge is 0.481 e. The number of methoxy groups -OCH3 is 1. The van der Waals surface area contributed by atoms with E-state index in [1.807, 2.05) is 0 Å². The first-order valence-electron chi connectivity index (χ1n) is 5.99. The SMILES string of the molecule is COc1cc(N2CCN(CCO)CC2)nc(N)n1. The number of anilines is 2. The number of hydrogen-bond donors (Lipinski definition) is 2. The van der Waals surface area contributed by atoms with E-state index in [0.29, 0.717) is 5.88 Å². The third-order valence-electron chi connectivity index (χ3n) is 3.03. The Hall–Kier alpha value is -1.60. The van der Waals surface area contributed by atoms with Crippen LogP contribution in [0.25, 0.3) is 0 Å². The molecular weight excluding hydrogens is 234 g/mol. The second-order valence-corrected chi connectivity index (χ2v) is 4.18. The minimum absolute atomic E-state index is 0.203. The number of nitrogen functional groups attached to an aromatic ring is 1. The summed E-state index contributed by atoms with van der Waals surface area (Å²) in [6.45, 7) is 4.47. The summed E-state index contributed by atoms with van der Waals surface area (Å²) in [5, 5.41) is 8.90. The number of aliphatic hydroxyl groups is 1. The van der Waals surface area contributed by atoms with Crippen molar-refractivity contribution in [2.24, 2.45) is 0 Å². The number of ether oxygens (including phenoxy) is 1. The lowest BCUT2D eigenvalue weighted by atomic mass is 10.3. The zero-order chi connectivity index (χ0) is 13.0. The number of hydrogen-bond acceptors (Lipinski definition) is 7. The van der Waals surface area contributed by atoms with Gasteiger partial charge in [-0.05, 0) is 0 Å². The first-order chi connectivity index (χ1) is 8.72. The molecule has 1 aliphatic heterocycles. The second kappa shape index (κ2) is 5.83. The summed E-state index contributed by atoms with van der Waals surface area (Å²) in [7, 11) is 1.56. The number of aliphatic hydroxyl groups excluding tert-OH is 1. The fraction of sp³-hybridized carbons (Fsp3) is 0.636. The summed E-state index contributed by atoms with van der Waals surface area (Å²) in [5.41, 5.74) is 5.64. The molecule has 1 aromatic heterocycles. The van der Waals surface area contributed by atoms with Crippen LogP contribution in [0.15, 0.2) is 6.07 Å². The smallest absolute Gasteiger partial charge is 0.225 e. The molecule has 0 aromatic carbocycles. The standard InChI is InChI=1S/C11H19N5O2/c1-18-10-8-9(13-11(12)14-10)16-4-2-15(3-5-16)6-7-17/h8,17H,2-7H2,1H3,(H2,12,13,14). The zero-order valence-corrected chi connectivity index (χ0v) is 10.5. The molecule has 1 saturated heterocycles. The molecule has 0 bridgehead atoms. The van der Waals surface area contributed by atoms with E-state index in [4.69, 9.17) is 15.6 Å². The Balaban J connectivity index is 2.02. The van der Waals surface area contributed by atoms with Crippen molar-refractivity contribution in [2.75, 3.05) is 57.1 Å². The minimum atomic E-state index is 0.203. The van der Waals surface area contributed by atoms with Gasteiger partial charge in [-0.1, -0.05) is 0 Å². The second-order valence-electron chi connectivity index (χ2n) is 4.18. The van der Waals surface area contributed by atoms with Gasteiger partial charge in [-0.25, -0.2) is 0 Å². The highest BCUT2D eigenvalue weighted by atomic mass is 16.5. The molecule has 7 heteroatoms. The lowest BCUT2D eigenvalue weighted by Gasteiger charge is -2.35. The van der Waals surface area contributed by atoms with E-state index in [9.17, 15) is 0 Å². The van der Waals surface area contributed by atoms with Crippen LogP contribution in [0.4, 0.5) is 11.8 Å². The van der Waals surface area contributed by atoms with Crippen LogP contribution >= 0.6 is 0 Å². The van der Waals surface area contributed by atoms with Gasteiger partial charge < -0.3 is 20.5 Å². The van der Waals surface area contributed by atoms with Crippen LogP contribution in [-0.4, -0.2) is 66.4 Å². The van der Waals surface area contributed by atoms with Crippen molar-refractivity contribution in [3.8, 4) is 5.88 Å². The van der Waals surface area contributed by atoms with Crippen LogP contribution in [0.3, 0.4) is 0 Å². The van der Waals surface area contributed by atoms with Crippen LogP contribution in [0.5, 0.6) is 5.88 Å². The monoisotopic (exact) mass is 253 g/mol. The fourth-order valence-corrected chi connectivity index (χ4v) is 2.04. The number of piperazine rings is 1. The molecule has 0 aliphatic carbocycles. The Bertz CT molecular complexity index is 393. The maximum atomic E-state index is 8.90. The van der Waals surface area contributed by atoms with E-state index >= 15 is 0 Å². The highest BCUT2D eigenvalue weighted by molar-refractivity contribution is 5.45. The third kappa shape index (κ3) is 2.99. The van der Waals surface area contributed by atoms with Gasteiger partial charge in [-0.15, -0.1) is 0 Å². The lowest BCUT2D eigenvalue weighted by Crippen LogP contribution is -2.47. The molecule has 0 radical (unpaired) electrons. The normalized spacial score (nSPS) is 16.9. The summed E-state index contributed by atoms with van der Waals surface area (Å²) in [5.74, 6) is 1.50. The molecule has 2 heterocycles. The van der Waals surface area contributed by atoms with Crippen molar-refractivity contribution in [2.45, 2.75) is 0 Å². The van der Waals surface area contributed by atoms with Crippen molar-refractivity contribution in [1.82, 2.24) is 14.9 Å². The predicted octanol–water partition coefficient (Wildman–Crippen LogP) is -0.818. The molecule has 2 rings (SSSR count). The maximum Gasteiger partial charge on any atom is 0.225 e. The number of rotatable bonds is 4. The predicted molar refractivity (Wildman–Crippen MR) is 68.7 cm³/mol. The minimum Gasteiger partial charge on any atom is -0.481 e. The number of β-amino-alcohol motifs (C(OH)–C–C–N with tert-alkyl or cyclic N) is 1. The quantitative estimate of drug-likeness (QED) is 0.725. The zero-order valence-electron chi connectivity index (χ0n) is 10.5. The van der Waals surface area contributed by atoms with Crippen molar-refractivity contribution in [1.29, 1.82) is 0 Å². The number of nitrogens with zero attached hydrogens (tertiary/aromatic N) is 4. The Morgan fingerprint density at radius 1 is 1.33 bits per heavy atom. The molecule has 1 aromatic rings. The average molecular weight is 253 g/mol. The van der Waals surface area contributed by atoms with Gasteiger partial charge in [0.05, 0.1) is 13.7 Å². The van der Waals surface area contributed by atoms with Crippen molar-refractivity contribution < 1.29 is 9.84 Å². The molecule has 0 saturated carbocycles. The summed E-state index contributed by atoms with van der Waals surface area (Å²) < 4.78 is 5.08. The van der Waals surface area contributed by atoms with E-state index in [2.05, 4.69) is 19.8 Å². The Labute approximate surface area is 106 Å². The molecule has 0 spiro atoms. The fourth-order valence-electron chi connectivity index (χ4n) is 2.04. The summed E-state index contributed by atoms with van der Waals surface area (Å²) in [6, 6.07) is 1.79. The van der Waals surface area contributed by atoms with E-state index in [1.165, 1.54) is 0 Å². The van der Waals surface area contributed by atoms with Gasteiger partial charge in [0.25, 0.3) is 0 Å². The van der Waals surface area contributed by atoms with Crippen LogP contribution in [0, 0.1) is 0 Å². The molecule has 100 valence electrons. The topological polar surface area (TPSA) is 87.7 Å². The molecule has 0 atom stereocenters. The van der Waals surface area contributed by atoms with Gasteiger partial charge in [0.15, 0.2) is 0 Å². The van der Waals surface area contributed by atoms with Gasteiger partial charge in [-0.3, -0.25) is 4.90 Å². The third-order valence-corrected chi connectivity index (χ3v) is 3.03. The lowest BCUT2D eigenvalue weighted by molar-refractivity contribution is 0.188.